The summed E-state index contributed by atoms with van der Waals surface area (Å²) >= 11 is 0. The summed E-state index contributed by atoms with van der Waals surface area (Å²) in [6, 6.07) is 5.99. The molecule has 0 radical (unpaired) electrons. The normalized spacial score (nSPS) is 20.0. The Morgan fingerprint density at radius 1 is 1.50 bits per heavy atom. The van der Waals surface area contributed by atoms with E-state index in [4.69, 9.17) is 0 Å². The fourth-order valence-electron chi connectivity index (χ4n) is 3.77. The number of unbranched alkanes of at least 4 members (excludes halogenated alkanes) is 1. The number of aliphatic carboxylic acids is 1. The Bertz CT molecular complexity index is 798. The minimum atomic E-state index is -0.816. The third-order valence-electron chi connectivity index (χ3n) is 5.03. The van der Waals surface area contributed by atoms with Gasteiger partial charge in [-0.15, -0.1) is 0 Å². The number of fused-ring (bicyclic) bond motifs is 3. The van der Waals surface area contributed by atoms with Gasteiger partial charge in [0.25, 0.3) is 0 Å². The van der Waals surface area contributed by atoms with Crippen molar-refractivity contribution in [3.63, 3.8) is 0 Å². The summed E-state index contributed by atoms with van der Waals surface area (Å²) in [4.78, 5) is 15.4. The predicted octanol–water partition coefficient (Wildman–Crippen LogP) is 3.81. The van der Waals surface area contributed by atoms with Gasteiger partial charge in [-0.05, 0) is 43.4 Å². The molecule has 3 rings (SSSR count). The second-order valence-corrected chi connectivity index (χ2v) is 6.26. The van der Waals surface area contributed by atoms with E-state index in [2.05, 4.69) is 18.0 Å². The Kier molecular flexibility index (Phi) is 3.44. The minimum absolute atomic E-state index is 0.623. The van der Waals surface area contributed by atoms with Crippen molar-refractivity contribution in [3.05, 3.63) is 34.5 Å². The van der Waals surface area contributed by atoms with Crippen LogP contribution in [0.5, 0.6) is 0 Å². The number of hydrogen-bond donors (Lipinski definition) is 2. The molecule has 4 heteroatoms. The van der Waals surface area contributed by atoms with E-state index >= 15 is 0 Å². The van der Waals surface area contributed by atoms with Crippen LogP contribution in [0.4, 0.5) is 0 Å². The van der Waals surface area contributed by atoms with Crippen LogP contribution in [0.3, 0.4) is 0 Å². The van der Waals surface area contributed by atoms with Crippen LogP contribution in [0.15, 0.2) is 12.1 Å². The maximum Gasteiger partial charge on any atom is 0.315 e. The quantitative estimate of drug-likeness (QED) is 0.900. The number of carbonyl (C=O) groups is 1. The molecule has 0 amide bonds. The first kappa shape index (κ1) is 14.6. The van der Waals surface area contributed by atoms with Crippen molar-refractivity contribution in [1.29, 1.82) is 5.26 Å². The highest BCUT2D eigenvalue weighted by Gasteiger charge is 2.47. The van der Waals surface area contributed by atoms with Gasteiger partial charge in [0.15, 0.2) is 0 Å². The standard InChI is InChI=1S/C18H20N2O2/c1-3-4-8-18(17(21)22)9-7-13-14-12(10-19)6-5-11(2)15(14)20-16(13)18/h5-6,20H,3-4,7-9H2,1-2H3,(H,21,22). The highest BCUT2D eigenvalue weighted by atomic mass is 16.4. The molecule has 0 fully saturated rings. The Morgan fingerprint density at radius 3 is 2.91 bits per heavy atom. The molecule has 2 N–H and O–H groups in total. The number of rotatable bonds is 4. The van der Waals surface area contributed by atoms with Crippen molar-refractivity contribution in [2.75, 3.05) is 0 Å². The molecule has 0 saturated heterocycles. The molecule has 0 saturated carbocycles. The SMILES string of the molecule is CCCCC1(C(=O)O)CCc2c1[nH]c1c(C)ccc(C#N)c21. The van der Waals surface area contributed by atoms with E-state index in [1.807, 2.05) is 19.1 Å². The molecule has 0 aliphatic heterocycles. The van der Waals surface area contributed by atoms with E-state index in [9.17, 15) is 15.2 Å². The van der Waals surface area contributed by atoms with Crippen molar-refractivity contribution in [3.8, 4) is 6.07 Å². The van der Waals surface area contributed by atoms with Gasteiger partial charge < -0.3 is 10.1 Å². The molecule has 1 heterocycles. The first-order valence-corrected chi connectivity index (χ1v) is 7.83. The topological polar surface area (TPSA) is 76.9 Å². The number of carboxylic acids is 1. The highest BCUT2D eigenvalue weighted by Crippen LogP contribution is 2.46. The maximum atomic E-state index is 12.0. The fraction of sp³-hybridized carbons (Fsp3) is 0.444. The molecule has 1 aromatic heterocycles. The van der Waals surface area contributed by atoms with E-state index in [1.165, 1.54) is 0 Å². The number of aromatic nitrogens is 1. The largest absolute Gasteiger partial charge is 0.481 e. The monoisotopic (exact) mass is 296 g/mol. The number of hydrogen-bond acceptors (Lipinski definition) is 2. The Balaban J connectivity index is 2.27. The lowest BCUT2D eigenvalue weighted by Crippen LogP contribution is -2.34. The van der Waals surface area contributed by atoms with Crippen LogP contribution in [0, 0.1) is 18.3 Å². The lowest BCUT2D eigenvalue weighted by molar-refractivity contribution is -0.144. The predicted molar refractivity (Wildman–Crippen MR) is 84.9 cm³/mol. The number of aromatic amines is 1. The van der Waals surface area contributed by atoms with Gasteiger partial charge in [0.1, 0.15) is 5.41 Å². The summed E-state index contributed by atoms with van der Waals surface area (Å²) in [5.41, 5.74) is 3.66. The Hall–Kier alpha value is -2.28. The first-order chi connectivity index (χ1) is 10.5. The maximum absolute atomic E-state index is 12.0. The van der Waals surface area contributed by atoms with Crippen molar-refractivity contribution < 1.29 is 9.90 Å². The number of carboxylic acid groups (broad SMARTS) is 1. The summed E-state index contributed by atoms with van der Waals surface area (Å²) in [6.45, 7) is 4.07. The molecule has 1 aliphatic carbocycles. The third kappa shape index (κ3) is 1.85. The van der Waals surface area contributed by atoms with E-state index in [0.717, 1.165) is 47.0 Å². The number of H-pyrrole nitrogens is 1. The van der Waals surface area contributed by atoms with Crippen LogP contribution in [0.1, 0.15) is 55.0 Å². The Morgan fingerprint density at radius 2 is 2.27 bits per heavy atom. The van der Waals surface area contributed by atoms with Crippen molar-refractivity contribution in [1.82, 2.24) is 4.98 Å². The second-order valence-electron chi connectivity index (χ2n) is 6.26. The summed E-state index contributed by atoms with van der Waals surface area (Å²) in [7, 11) is 0. The molecule has 1 atom stereocenters. The molecule has 0 bridgehead atoms. The molecule has 1 aliphatic rings. The highest BCUT2D eigenvalue weighted by molar-refractivity contribution is 5.96. The first-order valence-electron chi connectivity index (χ1n) is 7.83. The van der Waals surface area contributed by atoms with Gasteiger partial charge in [-0.1, -0.05) is 25.8 Å². The van der Waals surface area contributed by atoms with Crippen LogP contribution in [0.25, 0.3) is 10.9 Å². The minimum Gasteiger partial charge on any atom is -0.481 e. The lowest BCUT2D eigenvalue weighted by atomic mass is 9.80. The van der Waals surface area contributed by atoms with Crippen LogP contribution in [0.2, 0.25) is 0 Å². The van der Waals surface area contributed by atoms with Gasteiger partial charge in [-0.25, -0.2) is 0 Å². The molecule has 114 valence electrons. The zero-order chi connectivity index (χ0) is 15.9. The number of aryl methyl sites for hydroxylation is 2. The van der Waals surface area contributed by atoms with Crippen LogP contribution >= 0.6 is 0 Å². The summed E-state index contributed by atoms with van der Waals surface area (Å²) in [6.07, 6.45) is 3.87. The molecule has 0 spiro atoms. The average Bonchev–Trinajstić information content (AvgIpc) is 3.05. The van der Waals surface area contributed by atoms with Crippen molar-refractivity contribution in [2.24, 2.45) is 0 Å². The zero-order valence-electron chi connectivity index (χ0n) is 13.0. The lowest BCUT2D eigenvalue weighted by Gasteiger charge is -2.24. The van der Waals surface area contributed by atoms with Gasteiger partial charge in [0.05, 0.1) is 17.1 Å². The van der Waals surface area contributed by atoms with E-state index in [-0.39, 0.29) is 0 Å². The third-order valence-corrected chi connectivity index (χ3v) is 5.03. The number of nitriles is 1. The van der Waals surface area contributed by atoms with E-state index in [0.29, 0.717) is 18.4 Å². The molecular formula is C18H20N2O2. The molecular weight excluding hydrogens is 276 g/mol. The zero-order valence-corrected chi connectivity index (χ0v) is 13.0. The molecule has 2 aromatic rings. The van der Waals surface area contributed by atoms with Gasteiger partial charge in [0.2, 0.25) is 0 Å². The van der Waals surface area contributed by atoms with Gasteiger partial charge in [0, 0.05) is 11.1 Å². The average molecular weight is 296 g/mol. The summed E-state index contributed by atoms with van der Waals surface area (Å²) in [5, 5.41) is 20.2. The van der Waals surface area contributed by atoms with E-state index < -0.39 is 11.4 Å². The number of nitrogens with one attached hydrogen (secondary N) is 1. The van der Waals surface area contributed by atoms with Gasteiger partial charge in [-0.3, -0.25) is 4.79 Å². The van der Waals surface area contributed by atoms with Gasteiger partial charge >= 0.3 is 5.97 Å². The van der Waals surface area contributed by atoms with Crippen LogP contribution in [-0.2, 0) is 16.6 Å². The molecule has 4 nitrogen and oxygen atoms in total. The molecule has 22 heavy (non-hydrogen) atoms. The number of nitrogens with zero attached hydrogens (tertiary/aromatic N) is 1. The van der Waals surface area contributed by atoms with Crippen LogP contribution in [-0.4, -0.2) is 16.1 Å². The smallest absolute Gasteiger partial charge is 0.315 e. The van der Waals surface area contributed by atoms with Crippen molar-refractivity contribution >= 4 is 16.9 Å². The Labute approximate surface area is 129 Å². The fourth-order valence-corrected chi connectivity index (χ4v) is 3.77. The van der Waals surface area contributed by atoms with Crippen molar-refractivity contribution in [2.45, 2.75) is 51.4 Å². The van der Waals surface area contributed by atoms with E-state index in [1.54, 1.807) is 0 Å². The summed E-state index contributed by atoms with van der Waals surface area (Å²) in [5.74, 6) is -0.748. The molecule has 1 aromatic carbocycles. The second kappa shape index (κ2) is 5.17. The van der Waals surface area contributed by atoms with Gasteiger partial charge in [-0.2, -0.15) is 5.26 Å². The summed E-state index contributed by atoms with van der Waals surface area (Å²) < 4.78 is 0. The number of benzene rings is 1. The van der Waals surface area contributed by atoms with Crippen LogP contribution < -0.4 is 0 Å². The molecule has 1 unspecified atom stereocenters.